The summed E-state index contributed by atoms with van der Waals surface area (Å²) in [6.45, 7) is 8.21. The van der Waals surface area contributed by atoms with E-state index < -0.39 is 5.91 Å². The van der Waals surface area contributed by atoms with Crippen molar-refractivity contribution >= 4 is 62.2 Å². The van der Waals surface area contributed by atoms with Crippen molar-refractivity contribution < 1.29 is 9.90 Å². The predicted octanol–water partition coefficient (Wildman–Crippen LogP) is 14.4. The zero-order valence-corrected chi connectivity index (χ0v) is 34.3. The Morgan fingerprint density at radius 2 is 1.13 bits per heavy atom. The molecule has 8 aromatic carbocycles. The van der Waals surface area contributed by atoms with Gasteiger partial charge in [-0.05, 0) is 141 Å². The molecule has 0 unspecified atom stereocenters. The van der Waals surface area contributed by atoms with Crippen molar-refractivity contribution in [3.63, 3.8) is 0 Å². The number of nitrogens with zero attached hydrogens (tertiary/aromatic N) is 3. The first kappa shape index (κ1) is 39.3. The van der Waals surface area contributed by atoms with E-state index in [1.165, 1.54) is 16.7 Å². The molecule has 0 bridgehead atoms. The summed E-state index contributed by atoms with van der Waals surface area (Å²) in [5, 5.41) is 28.9. The molecule has 296 valence electrons. The van der Waals surface area contributed by atoms with E-state index >= 15 is 0 Å². The maximum Gasteiger partial charge on any atom is 0.259 e. The molecule has 0 spiro atoms. The Kier molecular flexibility index (Phi) is 11.5. The quantitative estimate of drug-likeness (QED) is 0.108. The van der Waals surface area contributed by atoms with Crippen molar-refractivity contribution in [1.29, 1.82) is 0 Å². The number of fused-ring (bicyclic) bond motifs is 1. The van der Waals surface area contributed by atoms with Gasteiger partial charge in [-0.25, -0.2) is 0 Å². The largest absolute Gasteiger partial charge is 0.505 e. The maximum absolute atomic E-state index is 14.0. The van der Waals surface area contributed by atoms with Crippen LogP contribution >= 0.6 is 0 Å². The van der Waals surface area contributed by atoms with E-state index in [9.17, 15) is 9.90 Å². The van der Waals surface area contributed by atoms with Crippen LogP contribution in [0.1, 0.15) is 43.7 Å². The van der Waals surface area contributed by atoms with Gasteiger partial charge in [0.15, 0.2) is 5.75 Å². The van der Waals surface area contributed by atoms with Gasteiger partial charge < -0.3 is 20.6 Å². The number of anilines is 6. The summed E-state index contributed by atoms with van der Waals surface area (Å²) in [4.78, 5) is 16.3. The first-order valence-corrected chi connectivity index (χ1v) is 20.2. The van der Waals surface area contributed by atoms with Gasteiger partial charge in [-0.2, -0.15) is 5.11 Å². The number of phenolic OH excluding ortho intramolecular Hbond substituents is 1. The number of amides is 1. The van der Waals surface area contributed by atoms with Gasteiger partial charge in [0.05, 0.1) is 16.9 Å². The number of hydrogen-bond acceptors (Lipinski definition) is 6. The SMILES string of the molecule is Cc1ccc(N=Nc2c(O)c(C(=O)Nc3cccc(CCc4ccc(N(c5ccc(C)cc5)c5ccc(C)cc5)cc4)c3)cc3ccc(C)c(Nc4ccccc4)c23)cc1. The molecule has 0 atom stereocenters. The molecular weight excluding hydrogens is 739 g/mol. The Labute approximate surface area is 351 Å². The van der Waals surface area contributed by atoms with Crippen LogP contribution in [0.3, 0.4) is 0 Å². The summed E-state index contributed by atoms with van der Waals surface area (Å²) >= 11 is 0. The fourth-order valence-corrected chi connectivity index (χ4v) is 7.32. The highest BCUT2D eigenvalue weighted by atomic mass is 16.3. The molecule has 7 nitrogen and oxygen atoms in total. The van der Waals surface area contributed by atoms with Gasteiger partial charge in [0.25, 0.3) is 5.91 Å². The highest BCUT2D eigenvalue weighted by Gasteiger charge is 2.22. The number of rotatable bonds is 12. The Balaban J connectivity index is 1.03. The van der Waals surface area contributed by atoms with Gasteiger partial charge in [-0.15, -0.1) is 5.11 Å². The van der Waals surface area contributed by atoms with Crippen LogP contribution in [0.25, 0.3) is 10.8 Å². The number of aromatic hydroxyl groups is 1. The number of carbonyl (C=O) groups excluding carboxylic acids is 1. The number of carbonyl (C=O) groups is 1. The molecule has 0 aromatic heterocycles. The molecule has 0 aliphatic carbocycles. The van der Waals surface area contributed by atoms with Crippen LogP contribution in [0.4, 0.5) is 45.5 Å². The highest BCUT2D eigenvalue weighted by molar-refractivity contribution is 6.14. The monoisotopic (exact) mass is 785 g/mol. The van der Waals surface area contributed by atoms with E-state index in [-0.39, 0.29) is 17.0 Å². The van der Waals surface area contributed by atoms with Crippen LogP contribution < -0.4 is 15.5 Å². The summed E-state index contributed by atoms with van der Waals surface area (Å²) in [6, 6.07) is 57.0. The Morgan fingerprint density at radius 3 is 1.77 bits per heavy atom. The molecular formula is C53H47N5O2. The van der Waals surface area contributed by atoms with E-state index in [2.05, 4.69) is 118 Å². The van der Waals surface area contributed by atoms with Crippen LogP contribution in [0, 0.1) is 27.7 Å². The molecule has 8 aromatic rings. The van der Waals surface area contributed by atoms with Crippen LogP contribution in [-0.4, -0.2) is 11.0 Å². The first-order valence-electron chi connectivity index (χ1n) is 20.2. The number of benzene rings is 8. The highest BCUT2D eigenvalue weighted by Crippen LogP contribution is 2.45. The molecule has 0 saturated carbocycles. The number of para-hydroxylation sites is 1. The zero-order valence-electron chi connectivity index (χ0n) is 34.3. The first-order chi connectivity index (χ1) is 29.2. The molecule has 0 aliphatic rings. The van der Waals surface area contributed by atoms with Crippen LogP contribution in [0.15, 0.2) is 180 Å². The normalized spacial score (nSPS) is 11.2. The second-order valence-electron chi connectivity index (χ2n) is 15.3. The van der Waals surface area contributed by atoms with Gasteiger partial charge in [0.1, 0.15) is 5.69 Å². The number of aryl methyl sites for hydroxylation is 6. The number of hydrogen-bond donors (Lipinski definition) is 3. The lowest BCUT2D eigenvalue weighted by Gasteiger charge is -2.26. The van der Waals surface area contributed by atoms with Crippen LogP contribution in [0.2, 0.25) is 0 Å². The Morgan fingerprint density at radius 1 is 0.567 bits per heavy atom. The van der Waals surface area contributed by atoms with E-state index in [0.717, 1.165) is 63.4 Å². The molecule has 8 rings (SSSR count). The van der Waals surface area contributed by atoms with Gasteiger partial charge in [0.2, 0.25) is 0 Å². The predicted molar refractivity (Wildman–Crippen MR) is 248 cm³/mol. The second kappa shape index (κ2) is 17.5. The summed E-state index contributed by atoms with van der Waals surface area (Å²) in [6.07, 6.45) is 1.61. The Hall–Kier alpha value is -7.51. The minimum atomic E-state index is -0.446. The van der Waals surface area contributed by atoms with Crippen molar-refractivity contribution in [3.8, 4) is 5.75 Å². The van der Waals surface area contributed by atoms with Gasteiger partial charge in [0, 0.05) is 33.8 Å². The van der Waals surface area contributed by atoms with Gasteiger partial charge in [-0.3, -0.25) is 4.79 Å². The standard InChI is InChI=1S/C53H47N5O2/c1-35-13-25-43(26-14-35)56-57-51-49-41(24-19-38(4)50(49)54-42-10-6-5-7-11-42)34-48(52(51)59)53(60)55-44-12-8-9-40(33-44)21-20-39-22-31-47(32-23-39)58(45-27-15-36(2)16-28-45)46-29-17-37(3)18-30-46/h5-19,22-34,54,59H,20-21H2,1-4H3,(H,55,60). The third-order valence-corrected chi connectivity index (χ3v) is 10.7. The summed E-state index contributed by atoms with van der Waals surface area (Å²) in [5.41, 5.74) is 13.3. The van der Waals surface area contributed by atoms with E-state index in [1.807, 2.05) is 98.8 Å². The minimum absolute atomic E-state index is 0.102. The van der Waals surface area contributed by atoms with Crippen molar-refractivity contribution in [2.24, 2.45) is 10.2 Å². The molecule has 1 amide bonds. The molecule has 0 heterocycles. The molecule has 60 heavy (non-hydrogen) atoms. The lowest BCUT2D eigenvalue weighted by atomic mass is 9.98. The topological polar surface area (TPSA) is 89.3 Å². The molecule has 0 radical (unpaired) electrons. The molecule has 0 fully saturated rings. The second-order valence-corrected chi connectivity index (χ2v) is 15.3. The van der Waals surface area contributed by atoms with Crippen molar-refractivity contribution in [1.82, 2.24) is 0 Å². The minimum Gasteiger partial charge on any atom is -0.505 e. The zero-order chi connectivity index (χ0) is 41.6. The van der Waals surface area contributed by atoms with Crippen LogP contribution in [0.5, 0.6) is 5.75 Å². The average molecular weight is 786 g/mol. The van der Waals surface area contributed by atoms with Gasteiger partial charge >= 0.3 is 0 Å². The molecule has 3 N–H and O–H groups in total. The third kappa shape index (κ3) is 8.96. The Bertz CT molecular complexity index is 2750. The smallest absolute Gasteiger partial charge is 0.259 e. The summed E-state index contributed by atoms with van der Waals surface area (Å²) in [5.74, 6) is -0.695. The third-order valence-electron chi connectivity index (χ3n) is 10.7. The van der Waals surface area contributed by atoms with Gasteiger partial charge in [-0.1, -0.05) is 108 Å². The van der Waals surface area contributed by atoms with E-state index in [4.69, 9.17) is 0 Å². The van der Waals surface area contributed by atoms with Crippen molar-refractivity contribution in [3.05, 3.63) is 209 Å². The number of azo groups is 1. The van der Waals surface area contributed by atoms with E-state index in [0.29, 0.717) is 16.8 Å². The molecule has 7 heteroatoms. The molecule has 0 saturated heterocycles. The fourth-order valence-electron chi connectivity index (χ4n) is 7.32. The molecule has 0 aliphatic heterocycles. The lowest BCUT2D eigenvalue weighted by Crippen LogP contribution is -2.12. The number of phenols is 1. The summed E-state index contributed by atoms with van der Waals surface area (Å²) < 4.78 is 0. The van der Waals surface area contributed by atoms with Crippen LogP contribution in [-0.2, 0) is 12.8 Å². The lowest BCUT2D eigenvalue weighted by molar-refractivity contribution is 0.102. The summed E-state index contributed by atoms with van der Waals surface area (Å²) in [7, 11) is 0. The van der Waals surface area contributed by atoms with E-state index in [1.54, 1.807) is 6.07 Å². The fraction of sp³-hybridized carbons (Fsp3) is 0.113. The maximum atomic E-state index is 14.0. The van der Waals surface area contributed by atoms with Crippen molar-refractivity contribution in [2.75, 3.05) is 15.5 Å². The number of nitrogens with one attached hydrogen (secondary N) is 2. The average Bonchev–Trinajstić information content (AvgIpc) is 3.26. The van der Waals surface area contributed by atoms with Crippen molar-refractivity contribution in [2.45, 2.75) is 40.5 Å².